The summed E-state index contributed by atoms with van der Waals surface area (Å²) in [5.74, 6) is -0.160. The lowest BCUT2D eigenvalue weighted by molar-refractivity contribution is -0.116. The highest BCUT2D eigenvalue weighted by molar-refractivity contribution is 8.13. The lowest BCUT2D eigenvalue weighted by Gasteiger charge is -2.34. The zero-order chi connectivity index (χ0) is 21.4. The molecule has 154 valence electrons. The number of hydrazone groups is 1. The topological polar surface area (TPSA) is 57.1 Å². The average Bonchev–Trinajstić information content (AvgIpc) is 2.78. The fourth-order valence-corrected chi connectivity index (χ4v) is 4.45. The van der Waals surface area contributed by atoms with Gasteiger partial charge in [0.2, 0.25) is 0 Å². The predicted molar refractivity (Wildman–Crippen MR) is 120 cm³/mol. The number of nitrogens with one attached hydrogen (secondary N) is 1. The van der Waals surface area contributed by atoms with Crippen LogP contribution in [0.5, 0.6) is 0 Å². The quantitative estimate of drug-likeness (QED) is 0.694. The van der Waals surface area contributed by atoms with Gasteiger partial charge in [-0.15, -0.1) is 5.10 Å². The number of amides is 1. The summed E-state index contributed by atoms with van der Waals surface area (Å²) in [4.78, 5) is 18.0. The molecule has 1 amide bonds. The Morgan fingerprint density at radius 2 is 1.77 bits per heavy atom. The van der Waals surface area contributed by atoms with E-state index < -0.39 is 6.17 Å². The first kappa shape index (κ1) is 19.5. The van der Waals surface area contributed by atoms with Crippen molar-refractivity contribution in [3.63, 3.8) is 0 Å². The summed E-state index contributed by atoms with van der Waals surface area (Å²) in [6.45, 7) is 2.03. The Hall–Kier alpha value is -3.45. The molecule has 5 rings (SSSR count). The third-order valence-corrected chi connectivity index (χ3v) is 6.13. The third kappa shape index (κ3) is 3.72. The molecule has 1 atom stereocenters. The molecular formula is C24H19FN4OS. The van der Waals surface area contributed by atoms with Gasteiger partial charge in [-0.2, -0.15) is 0 Å². The maximum Gasteiger partial charge on any atom is 0.276 e. The first-order valence-corrected chi connectivity index (χ1v) is 10.9. The van der Waals surface area contributed by atoms with Gasteiger partial charge in [0.25, 0.3) is 5.91 Å². The number of hydrogen-bond acceptors (Lipinski definition) is 5. The molecule has 0 unspecified atom stereocenters. The molecule has 0 saturated heterocycles. The van der Waals surface area contributed by atoms with Crippen LogP contribution >= 0.6 is 11.8 Å². The molecule has 2 heterocycles. The van der Waals surface area contributed by atoms with Gasteiger partial charge in [-0.05, 0) is 30.2 Å². The van der Waals surface area contributed by atoms with Gasteiger partial charge in [-0.25, -0.2) is 9.40 Å². The van der Waals surface area contributed by atoms with Gasteiger partial charge in [-0.3, -0.25) is 15.1 Å². The van der Waals surface area contributed by atoms with Gasteiger partial charge in [0.1, 0.15) is 11.5 Å². The molecule has 0 saturated carbocycles. The van der Waals surface area contributed by atoms with Gasteiger partial charge in [0, 0.05) is 11.0 Å². The second kappa shape index (κ2) is 8.00. The maximum absolute atomic E-state index is 14.0. The molecule has 31 heavy (non-hydrogen) atoms. The van der Waals surface area contributed by atoms with Gasteiger partial charge in [-0.1, -0.05) is 78.0 Å². The van der Waals surface area contributed by atoms with Crippen molar-refractivity contribution in [3.05, 3.63) is 106 Å². The molecule has 0 radical (unpaired) electrons. The summed E-state index contributed by atoms with van der Waals surface area (Å²) < 4.78 is 14.0. The number of rotatable bonds is 3. The van der Waals surface area contributed by atoms with Crippen LogP contribution in [0.25, 0.3) is 5.70 Å². The molecule has 0 aliphatic carbocycles. The Morgan fingerprint density at radius 1 is 1.03 bits per heavy atom. The number of benzene rings is 3. The SMILES string of the molecule is Cc1ccc([C@@H]2N=c3ccccc3=C3C(=O)NC(SCc4ccccc4F)=NN32)cc1. The number of carbonyl (C=O) groups excluding carboxylic acids is 1. The van der Waals surface area contributed by atoms with Gasteiger partial charge in [0.05, 0.1) is 5.36 Å². The van der Waals surface area contributed by atoms with Crippen molar-refractivity contribution in [2.75, 3.05) is 0 Å². The molecule has 5 nitrogen and oxygen atoms in total. The molecule has 7 heteroatoms. The molecule has 1 N–H and O–H groups in total. The molecular weight excluding hydrogens is 411 g/mol. The third-order valence-electron chi connectivity index (χ3n) is 5.21. The summed E-state index contributed by atoms with van der Waals surface area (Å²) in [7, 11) is 0. The number of nitrogens with zero attached hydrogens (tertiary/aromatic N) is 3. The first-order valence-electron chi connectivity index (χ1n) is 9.89. The van der Waals surface area contributed by atoms with Crippen LogP contribution in [0.15, 0.2) is 82.9 Å². The van der Waals surface area contributed by atoms with Crippen LogP contribution in [-0.2, 0) is 10.5 Å². The van der Waals surface area contributed by atoms with Gasteiger partial charge >= 0.3 is 0 Å². The zero-order valence-electron chi connectivity index (χ0n) is 16.7. The Labute approximate surface area is 183 Å². The molecule has 3 aromatic rings. The van der Waals surface area contributed by atoms with Crippen molar-refractivity contribution in [1.82, 2.24) is 10.3 Å². The minimum absolute atomic E-state index is 0.245. The minimum Gasteiger partial charge on any atom is -0.298 e. The number of fused-ring (bicyclic) bond motifs is 2. The van der Waals surface area contributed by atoms with Crippen molar-refractivity contribution in [2.24, 2.45) is 10.1 Å². The number of hydrogen-bond donors (Lipinski definition) is 1. The molecule has 0 aromatic heterocycles. The molecule has 3 aromatic carbocycles. The van der Waals surface area contributed by atoms with E-state index in [0.717, 1.165) is 21.7 Å². The van der Waals surface area contributed by atoms with E-state index in [1.54, 1.807) is 23.2 Å². The van der Waals surface area contributed by atoms with Crippen LogP contribution in [0.4, 0.5) is 4.39 Å². The van der Waals surface area contributed by atoms with E-state index in [1.807, 2.05) is 55.5 Å². The highest BCUT2D eigenvalue weighted by Gasteiger charge is 2.34. The number of amidine groups is 1. The monoisotopic (exact) mass is 430 g/mol. The van der Waals surface area contributed by atoms with E-state index in [-0.39, 0.29) is 11.7 Å². The fraction of sp³-hybridized carbons (Fsp3) is 0.125. The Kier molecular flexibility index (Phi) is 5.03. The molecule has 0 spiro atoms. The van der Waals surface area contributed by atoms with E-state index in [4.69, 9.17) is 10.1 Å². The Bertz CT molecular complexity index is 1320. The number of para-hydroxylation sites is 1. The lowest BCUT2D eigenvalue weighted by atomic mass is 10.1. The van der Waals surface area contributed by atoms with E-state index in [1.165, 1.54) is 17.8 Å². The second-order valence-electron chi connectivity index (χ2n) is 7.36. The summed E-state index contributed by atoms with van der Waals surface area (Å²) in [5.41, 5.74) is 3.11. The molecule has 2 aliphatic rings. The highest BCUT2D eigenvalue weighted by Crippen LogP contribution is 2.31. The highest BCUT2D eigenvalue weighted by atomic mass is 32.2. The normalized spacial score (nSPS) is 17.3. The van der Waals surface area contributed by atoms with Crippen LogP contribution in [0, 0.1) is 12.7 Å². The van der Waals surface area contributed by atoms with Crippen LogP contribution in [-0.4, -0.2) is 16.1 Å². The van der Waals surface area contributed by atoms with Crippen molar-refractivity contribution in [2.45, 2.75) is 18.8 Å². The van der Waals surface area contributed by atoms with Crippen LogP contribution in [0.3, 0.4) is 0 Å². The predicted octanol–water partition coefficient (Wildman–Crippen LogP) is 3.21. The van der Waals surface area contributed by atoms with Crippen molar-refractivity contribution >= 4 is 28.5 Å². The summed E-state index contributed by atoms with van der Waals surface area (Å²) in [6.07, 6.45) is -0.458. The van der Waals surface area contributed by atoms with E-state index in [9.17, 15) is 9.18 Å². The fourth-order valence-electron chi connectivity index (χ4n) is 3.61. The summed E-state index contributed by atoms with van der Waals surface area (Å²) in [5, 5.41) is 11.2. The smallest absolute Gasteiger partial charge is 0.276 e. The number of halogens is 1. The van der Waals surface area contributed by atoms with Crippen molar-refractivity contribution in [1.29, 1.82) is 0 Å². The standard InChI is InChI=1S/C24H19FN4OS/c1-15-10-12-16(13-11-15)22-26-20-9-5-3-7-18(20)21-23(30)27-24(28-29(21)22)31-14-17-6-2-4-8-19(17)25/h2-13,22H,14H2,1H3,(H,27,28,30)/t22-/m1/s1. The molecule has 0 fully saturated rings. The lowest BCUT2D eigenvalue weighted by Crippen LogP contribution is -2.50. The zero-order valence-corrected chi connectivity index (χ0v) is 17.6. The minimum atomic E-state index is -0.458. The summed E-state index contributed by atoms with van der Waals surface area (Å²) >= 11 is 1.29. The number of thioether (sulfide) groups is 1. The molecule has 0 bridgehead atoms. The van der Waals surface area contributed by atoms with Crippen molar-refractivity contribution in [3.8, 4) is 0 Å². The van der Waals surface area contributed by atoms with Crippen molar-refractivity contribution < 1.29 is 9.18 Å². The van der Waals surface area contributed by atoms with Crippen LogP contribution < -0.4 is 15.9 Å². The largest absolute Gasteiger partial charge is 0.298 e. The molecule has 2 aliphatic heterocycles. The van der Waals surface area contributed by atoms with Gasteiger partial charge in [0.15, 0.2) is 11.3 Å². The van der Waals surface area contributed by atoms with Crippen LogP contribution in [0.2, 0.25) is 0 Å². The van der Waals surface area contributed by atoms with E-state index in [2.05, 4.69) is 5.32 Å². The summed E-state index contributed by atoms with van der Waals surface area (Å²) in [6, 6.07) is 22.2. The number of aryl methyl sites for hydroxylation is 1. The maximum atomic E-state index is 14.0. The number of carbonyl (C=O) groups is 1. The van der Waals surface area contributed by atoms with E-state index in [0.29, 0.717) is 22.2 Å². The second-order valence-corrected chi connectivity index (χ2v) is 8.33. The van der Waals surface area contributed by atoms with Crippen LogP contribution in [0.1, 0.15) is 22.9 Å². The first-order chi connectivity index (χ1) is 15.1. The van der Waals surface area contributed by atoms with E-state index >= 15 is 0 Å². The Morgan fingerprint density at radius 3 is 2.58 bits per heavy atom. The van der Waals surface area contributed by atoms with Gasteiger partial charge < -0.3 is 0 Å². The average molecular weight is 431 g/mol. The Balaban J connectivity index is 1.56.